The monoisotopic (exact) mass is 195 g/mol. The lowest BCUT2D eigenvalue weighted by molar-refractivity contribution is -0.108. The van der Waals surface area contributed by atoms with E-state index in [2.05, 4.69) is 24.9 Å². The van der Waals surface area contributed by atoms with Crippen LogP contribution in [0.1, 0.15) is 35.0 Å². The molecule has 0 saturated carbocycles. The van der Waals surface area contributed by atoms with Crippen molar-refractivity contribution in [1.29, 1.82) is 0 Å². The number of rotatable bonds is 6. The van der Waals surface area contributed by atoms with Gasteiger partial charge in [0.05, 0.1) is 0 Å². The third-order valence-electron chi connectivity index (χ3n) is 1.75. The summed E-state index contributed by atoms with van der Waals surface area (Å²) in [6.07, 6.45) is 6.45. The molecule has 0 radical (unpaired) electrons. The Morgan fingerprint density at radius 1 is 1.50 bits per heavy atom. The Labute approximate surface area is 87.9 Å². The molecule has 0 spiro atoms. The summed E-state index contributed by atoms with van der Waals surface area (Å²) in [5.41, 5.74) is 3.16. The van der Waals surface area contributed by atoms with Crippen LogP contribution in [0, 0.1) is 0 Å². The van der Waals surface area contributed by atoms with Gasteiger partial charge in [-0.05, 0) is 31.9 Å². The molecule has 0 aliphatic heterocycles. The first-order chi connectivity index (χ1) is 6.65. The van der Waals surface area contributed by atoms with Gasteiger partial charge in [0, 0.05) is 7.12 Å². The van der Waals surface area contributed by atoms with Gasteiger partial charge in [-0.25, -0.2) is 0 Å². The molecule has 1 amide bonds. The van der Waals surface area contributed by atoms with Crippen LogP contribution in [0.15, 0.2) is 35.6 Å². The molecule has 0 aliphatic carbocycles. The number of hydrogen-bond donors (Lipinski definition) is 1. The lowest BCUT2D eigenvalue weighted by atomic mass is 10.1. The van der Waals surface area contributed by atoms with E-state index in [1.807, 2.05) is 13.8 Å². The lowest BCUT2D eigenvalue weighted by Crippen LogP contribution is -2.10. The Kier molecular flexibility index (Phi) is 6.46. The second kappa shape index (κ2) is 7.13. The number of amides is 1. The molecule has 0 atom stereocenters. The summed E-state index contributed by atoms with van der Waals surface area (Å²) in [5.74, 6) is 0. The standard InChI is InChI=1S/C12H19NO.H2/c1-5-7-11(8-10(3)4)12(6-2)13-9-14;/h6,8-9H,2,5,7H2,1,3-4H3,(H,13,14);1H/b12-11+;. The van der Waals surface area contributed by atoms with Crippen LogP contribution >= 0.6 is 0 Å². The van der Waals surface area contributed by atoms with Crippen LogP contribution in [0.4, 0.5) is 0 Å². The Morgan fingerprint density at radius 3 is 2.50 bits per heavy atom. The molecule has 0 aliphatic rings. The molecule has 0 rings (SSSR count). The highest BCUT2D eigenvalue weighted by Crippen LogP contribution is 2.13. The van der Waals surface area contributed by atoms with Crippen LogP contribution in [0.25, 0.3) is 0 Å². The van der Waals surface area contributed by atoms with Crippen molar-refractivity contribution in [1.82, 2.24) is 5.32 Å². The first kappa shape index (κ1) is 12.7. The van der Waals surface area contributed by atoms with Crippen LogP contribution in [0.2, 0.25) is 0 Å². The number of allylic oxidation sites excluding steroid dienone is 4. The molecule has 0 aromatic rings. The normalized spacial score (nSPS) is 11.4. The zero-order valence-electron chi connectivity index (χ0n) is 9.26. The van der Waals surface area contributed by atoms with E-state index in [-0.39, 0.29) is 1.43 Å². The maximum Gasteiger partial charge on any atom is 0.211 e. The fourth-order valence-electron chi connectivity index (χ4n) is 1.25. The molecule has 2 nitrogen and oxygen atoms in total. The van der Waals surface area contributed by atoms with Crippen molar-refractivity contribution in [2.75, 3.05) is 0 Å². The molecule has 0 saturated heterocycles. The van der Waals surface area contributed by atoms with Gasteiger partial charge < -0.3 is 5.32 Å². The minimum Gasteiger partial charge on any atom is -0.328 e. The first-order valence-corrected chi connectivity index (χ1v) is 4.86. The second-order valence-electron chi connectivity index (χ2n) is 3.38. The van der Waals surface area contributed by atoms with E-state index < -0.39 is 0 Å². The number of nitrogens with one attached hydrogen (secondary N) is 1. The van der Waals surface area contributed by atoms with Crippen molar-refractivity contribution in [3.63, 3.8) is 0 Å². The van der Waals surface area contributed by atoms with E-state index in [9.17, 15) is 4.79 Å². The maximum atomic E-state index is 10.4. The van der Waals surface area contributed by atoms with Gasteiger partial charge in [-0.15, -0.1) is 0 Å². The summed E-state index contributed by atoms with van der Waals surface area (Å²) in [6, 6.07) is 0. The van der Waals surface area contributed by atoms with Crippen LogP contribution in [-0.2, 0) is 4.79 Å². The lowest BCUT2D eigenvalue weighted by Gasteiger charge is -2.07. The molecular weight excluding hydrogens is 174 g/mol. The van der Waals surface area contributed by atoms with Crippen molar-refractivity contribution < 1.29 is 6.22 Å². The molecule has 0 unspecified atom stereocenters. The molecule has 0 aromatic heterocycles. The van der Waals surface area contributed by atoms with Crippen molar-refractivity contribution in [3.05, 3.63) is 35.6 Å². The van der Waals surface area contributed by atoms with Crippen molar-refractivity contribution in [2.24, 2.45) is 0 Å². The van der Waals surface area contributed by atoms with Gasteiger partial charge in [0.15, 0.2) is 0 Å². The Balaban J connectivity index is 0. The summed E-state index contributed by atoms with van der Waals surface area (Å²) in [5, 5.41) is 2.66. The van der Waals surface area contributed by atoms with Gasteiger partial charge in [0.1, 0.15) is 0 Å². The summed E-state index contributed by atoms with van der Waals surface area (Å²) in [6.45, 7) is 9.87. The van der Waals surface area contributed by atoms with Crippen LogP contribution in [0.5, 0.6) is 0 Å². The van der Waals surface area contributed by atoms with E-state index in [0.29, 0.717) is 6.41 Å². The summed E-state index contributed by atoms with van der Waals surface area (Å²) in [7, 11) is 0. The average Bonchev–Trinajstić information content (AvgIpc) is 2.13. The summed E-state index contributed by atoms with van der Waals surface area (Å²) < 4.78 is 0. The molecule has 0 heterocycles. The predicted molar refractivity (Wildman–Crippen MR) is 62.9 cm³/mol. The van der Waals surface area contributed by atoms with Gasteiger partial charge in [0.25, 0.3) is 0 Å². The zero-order chi connectivity index (χ0) is 11.0. The Bertz CT molecular complexity index is 263. The summed E-state index contributed by atoms with van der Waals surface area (Å²) in [4.78, 5) is 10.4. The third-order valence-corrected chi connectivity index (χ3v) is 1.75. The zero-order valence-corrected chi connectivity index (χ0v) is 9.26. The average molecular weight is 195 g/mol. The van der Waals surface area contributed by atoms with E-state index >= 15 is 0 Å². The molecule has 80 valence electrons. The van der Waals surface area contributed by atoms with Crippen LogP contribution in [0.3, 0.4) is 0 Å². The smallest absolute Gasteiger partial charge is 0.211 e. The third kappa shape index (κ3) is 4.65. The Hall–Kier alpha value is -1.31. The van der Waals surface area contributed by atoms with E-state index in [1.165, 1.54) is 5.57 Å². The summed E-state index contributed by atoms with van der Waals surface area (Å²) >= 11 is 0. The topological polar surface area (TPSA) is 29.1 Å². The largest absolute Gasteiger partial charge is 0.328 e. The van der Waals surface area contributed by atoms with Gasteiger partial charge in [-0.1, -0.05) is 31.6 Å². The Morgan fingerprint density at radius 2 is 2.14 bits per heavy atom. The minimum absolute atomic E-state index is 0. The molecule has 1 N–H and O–H groups in total. The number of carbonyl (C=O) groups is 1. The molecule has 14 heavy (non-hydrogen) atoms. The first-order valence-electron chi connectivity index (χ1n) is 4.86. The van der Waals surface area contributed by atoms with E-state index in [1.54, 1.807) is 6.08 Å². The SMILES string of the molecule is C=C/C(NC=O)=C(\C=C(C)C)CCC.[HH]. The quantitative estimate of drug-likeness (QED) is 0.512. The molecule has 2 heteroatoms. The number of carbonyl (C=O) groups excluding carboxylic acids is 1. The molecular formula is C12H21NO. The van der Waals surface area contributed by atoms with Crippen molar-refractivity contribution in [3.8, 4) is 0 Å². The van der Waals surface area contributed by atoms with Gasteiger partial charge in [0.2, 0.25) is 6.41 Å². The van der Waals surface area contributed by atoms with Crippen molar-refractivity contribution >= 4 is 6.41 Å². The van der Waals surface area contributed by atoms with Crippen LogP contribution < -0.4 is 5.32 Å². The molecule has 0 aromatic carbocycles. The highest BCUT2D eigenvalue weighted by molar-refractivity contribution is 5.53. The highest BCUT2D eigenvalue weighted by Gasteiger charge is 1.99. The van der Waals surface area contributed by atoms with Gasteiger partial charge >= 0.3 is 0 Å². The highest BCUT2D eigenvalue weighted by atomic mass is 16.1. The second-order valence-corrected chi connectivity index (χ2v) is 3.38. The van der Waals surface area contributed by atoms with Gasteiger partial charge in [-0.2, -0.15) is 0 Å². The van der Waals surface area contributed by atoms with E-state index in [4.69, 9.17) is 0 Å². The minimum atomic E-state index is 0. The van der Waals surface area contributed by atoms with Crippen LogP contribution in [-0.4, -0.2) is 6.41 Å². The maximum absolute atomic E-state index is 10.4. The fourth-order valence-corrected chi connectivity index (χ4v) is 1.25. The fraction of sp³-hybridized carbons (Fsp3) is 0.417. The van der Waals surface area contributed by atoms with Crippen molar-refractivity contribution in [2.45, 2.75) is 33.6 Å². The predicted octanol–water partition coefficient (Wildman–Crippen LogP) is 3.18. The number of hydrogen-bond acceptors (Lipinski definition) is 1. The molecule has 0 fully saturated rings. The molecule has 0 bridgehead atoms. The van der Waals surface area contributed by atoms with E-state index in [0.717, 1.165) is 24.1 Å². The van der Waals surface area contributed by atoms with Gasteiger partial charge in [-0.3, -0.25) is 4.79 Å².